The minimum Gasteiger partial charge on any atom is -0.349 e. The Hall–Kier alpha value is -3.94. The summed E-state index contributed by atoms with van der Waals surface area (Å²) in [5.74, 6) is -2.73. The van der Waals surface area contributed by atoms with E-state index in [0.29, 0.717) is 5.56 Å². The number of benzene rings is 2. The molecule has 36 heavy (non-hydrogen) atoms. The van der Waals surface area contributed by atoms with Crippen LogP contribution in [-0.4, -0.2) is 53.7 Å². The SMILES string of the molecule is CN(C)C(=O)[C@H]1C[C@@]2(C1)C(=O)N(c1ccc(C#N)cc1F)CC(=O)N2Cc1ccc(C(F)(F)F)cc1. The zero-order valence-corrected chi connectivity index (χ0v) is 19.5. The molecule has 2 fully saturated rings. The Bertz CT molecular complexity index is 1260. The van der Waals surface area contributed by atoms with E-state index in [1.54, 1.807) is 20.2 Å². The monoisotopic (exact) mass is 502 g/mol. The van der Waals surface area contributed by atoms with Crippen molar-refractivity contribution in [3.05, 3.63) is 65.0 Å². The van der Waals surface area contributed by atoms with Gasteiger partial charge < -0.3 is 9.80 Å². The van der Waals surface area contributed by atoms with Crippen LogP contribution in [0.15, 0.2) is 42.5 Å². The fraction of sp³-hybridized carbons (Fsp3) is 0.360. The van der Waals surface area contributed by atoms with Gasteiger partial charge in [-0.2, -0.15) is 18.4 Å². The number of carbonyl (C=O) groups is 3. The van der Waals surface area contributed by atoms with E-state index in [1.807, 2.05) is 0 Å². The summed E-state index contributed by atoms with van der Waals surface area (Å²) in [6.07, 6.45) is -4.51. The first-order valence-corrected chi connectivity index (χ1v) is 11.1. The van der Waals surface area contributed by atoms with Gasteiger partial charge in [-0.25, -0.2) is 4.39 Å². The predicted molar refractivity (Wildman–Crippen MR) is 120 cm³/mol. The van der Waals surface area contributed by atoms with Gasteiger partial charge in [0.1, 0.15) is 17.9 Å². The standard InChI is InChI=1S/C25H22F4N4O3/c1-31(2)22(35)17-10-24(11-17)23(36)32(20-8-5-16(12-30)9-19(20)26)14-21(34)33(24)13-15-3-6-18(7-4-15)25(27,28)29/h3-9,17H,10-11,13-14H2,1-2H3/t17-,24+. The van der Waals surface area contributed by atoms with Crippen molar-refractivity contribution >= 4 is 23.4 Å². The second kappa shape index (κ2) is 8.93. The maximum absolute atomic E-state index is 14.8. The highest BCUT2D eigenvalue weighted by molar-refractivity contribution is 6.10. The van der Waals surface area contributed by atoms with Gasteiger partial charge in [-0.15, -0.1) is 0 Å². The third-order valence-electron chi connectivity index (χ3n) is 6.70. The van der Waals surface area contributed by atoms with Gasteiger partial charge in [-0.1, -0.05) is 12.1 Å². The van der Waals surface area contributed by atoms with Gasteiger partial charge in [-0.3, -0.25) is 19.3 Å². The molecule has 1 aliphatic carbocycles. The Labute approximate surface area is 204 Å². The Balaban J connectivity index is 1.68. The van der Waals surface area contributed by atoms with Crippen molar-refractivity contribution in [3.8, 4) is 6.07 Å². The smallest absolute Gasteiger partial charge is 0.349 e. The summed E-state index contributed by atoms with van der Waals surface area (Å²) in [5.41, 5.74) is -2.03. The number of nitrogens with zero attached hydrogens (tertiary/aromatic N) is 4. The van der Waals surface area contributed by atoms with E-state index in [4.69, 9.17) is 5.26 Å². The lowest BCUT2D eigenvalue weighted by molar-refractivity contribution is -0.166. The number of carbonyl (C=O) groups excluding carboxylic acids is 3. The third kappa shape index (κ3) is 4.27. The minimum absolute atomic E-state index is 0.00359. The van der Waals surface area contributed by atoms with Gasteiger partial charge in [0, 0.05) is 26.6 Å². The van der Waals surface area contributed by atoms with Crippen LogP contribution in [0.4, 0.5) is 23.2 Å². The number of halogens is 4. The lowest BCUT2D eigenvalue weighted by atomic mass is 9.64. The van der Waals surface area contributed by atoms with Crippen molar-refractivity contribution in [2.75, 3.05) is 25.5 Å². The molecular formula is C25H22F4N4O3. The van der Waals surface area contributed by atoms with Crippen LogP contribution in [0.1, 0.15) is 29.5 Å². The van der Waals surface area contributed by atoms with Crippen molar-refractivity contribution in [3.63, 3.8) is 0 Å². The fourth-order valence-electron chi connectivity index (χ4n) is 4.80. The summed E-state index contributed by atoms with van der Waals surface area (Å²) in [6, 6.07) is 9.62. The van der Waals surface area contributed by atoms with Crippen LogP contribution >= 0.6 is 0 Å². The predicted octanol–water partition coefficient (Wildman–Crippen LogP) is 3.33. The van der Waals surface area contributed by atoms with Gasteiger partial charge >= 0.3 is 6.18 Å². The molecule has 2 aromatic rings. The zero-order valence-electron chi connectivity index (χ0n) is 19.5. The molecule has 0 radical (unpaired) electrons. The topological polar surface area (TPSA) is 84.7 Å². The van der Waals surface area contributed by atoms with Crippen molar-refractivity contribution in [1.29, 1.82) is 5.26 Å². The molecule has 0 unspecified atom stereocenters. The maximum Gasteiger partial charge on any atom is 0.416 e. The number of anilines is 1. The van der Waals surface area contributed by atoms with E-state index in [9.17, 15) is 31.9 Å². The second-order valence-electron chi connectivity index (χ2n) is 9.21. The molecule has 2 aliphatic rings. The molecule has 7 nitrogen and oxygen atoms in total. The minimum atomic E-state index is -4.52. The van der Waals surface area contributed by atoms with Gasteiger partial charge in [0.25, 0.3) is 5.91 Å². The summed E-state index contributed by atoms with van der Waals surface area (Å²) >= 11 is 0. The molecule has 0 N–H and O–H groups in total. The Morgan fingerprint density at radius 1 is 1.14 bits per heavy atom. The largest absolute Gasteiger partial charge is 0.416 e. The normalized spacial score (nSPS) is 21.9. The van der Waals surface area contributed by atoms with Crippen LogP contribution < -0.4 is 4.90 Å². The average Bonchev–Trinajstić information content (AvgIpc) is 2.79. The summed E-state index contributed by atoms with van der Waals surface area (Å²) in [4.78, 5) is 43.2. The number of piperazine rings is 1. The van der Waals surface area contributed by atoms with Crippen molar-refractivity contribution < 1.29 is 31.9 Å². The molecule has 4 rings (SSSR count). The number of hydrogen-bond donors (Lipinski definition) is 0. The van der Waals surface area contributed by atoms with E-state index in [-0.39, 0.29) is 36.5 Å². The van der Waals surface area contributed by atoms with Crippen molar-refractivity contribution in [1.82, 2.24) is 9.80 Å². The number of hydrogen-bond acceptors (Lipinski definition) is 4. The quantitative estimate of drug-likeness (QED) is 0.601. The zero-order chi connectivity index (χ0) is 26.4. The molecule has 1 saturated carbocycles. The molecule has 188 valence electrons. The molecular weight excluding hydrogens is 480 g/mol. The number of amides is 3. The van der Waals surface area contributed by atoms with E-state index in [1.165, 1.54) is 34.1 Å². The lowest BCUT2D eigenvalue weighted by Crippen LogP contribution is -2.73. The average molecular weight is 502 g/mol. The van der Waals surface area contributed by atoms with Gasteiger partial charge in [0.15, 0.2) is 0 Å². The molecule has 0 aromatic heterocycles. The Kier molecular flexibility index (Phi) is 6.24. The first-order chi connectivity index (χ1) is 16.9. The highest BCUT2D eigenvalue weighted by Gasteiger charge is 2.61. The van der Waals surface area contributed by atoms with Crippen LogP contribution in [0.25, 0.3) is 0 Å². The Morgan fingerprint density at radius 3 is 2.31 bits per heavy atom. The summed E-state index contributed by atoms with van der Waals surface area (Å²) in [6.45, 7) is -0.633. The van der Waals surface area contributed by atoms with Crippen molar-refractivity contribution in [2.45, 2.75) is 31.1 Å². The van der Waals surface area contributed by atoms with Crippen molar-refractivity contribution in [2.24, 2.45) is 5.92 Å². The van der Waals surface area contributed by atoms with Gasteiger partial charge in [0.05, 0.1) is 22.9 Å². The van der Waals surface area contributed by atoms with Gasteiger partial charge in [0.2, 0.25) is 11.8 Å². The molecule has 1 spiro atoms. The van der Waals surface area contributed by atoms with Gasteiger partial charge in [-0.05, 0) is 48.7 Å². The number of alkyl halides is 3. The fourth-order valence-corrected chi connectivity index (χ4v) is 4.80. The molecule has 1 aliphatic heterocycles. The van der Waals surface area contributed by atoms with Crippen LogP contribution in [0.2, 0.25) is 0 Å². The summed E-state index contributed by atoms with van der Waals surface area (Å²) < 4.78 is 53.6. The molecule has 0 bridgehead atoms. The van der Waals surface area contributed by atoms with E-state index in [2.05, 4.69) is 0 Å². The number of nitriles is 1. The summed E-state index contributed by atoms with van der Waals surface area (Å²) in [5, 5.41) is 8.99. The number of rotatable bonds is 4. The highest BCUT2D eigenvalue weighted by atomic mass is 19.4. The van der Waals surface area contributed by atoms with Crippen LogP contribution in [0.3, 0.4) is 0 Å². The van der Waals surface area contributed by atoms with Crippen LogP contribution in [0, 0.1) is 23.1 Å². The first-order valence-electron chi connectivity index (χ1n) is 11.1. The van der Waals surface area contributed by atoms with E-state index >= 15 is 0 Å². The summed E-state index contributed by atoms with van der Waals surface area (Å²) in [7, 11) is 3.14. The molecule has 11 heteroatoms. The van der Waals surface area contributed by atoms with E-state index < -0.39 is 47.4 Å². The molecule has 1 saturated heterocycles. The third-order valence-corrected chi connectivity index (χ3v) is 6.70. The molecule has 0 atom stereocenters. The second-order valence-corrected chi connectivity index (χ2v) is 9.21. The molecule has 1 heterocycles. The lowest BCUT2D eigenvalue weighted by Gasteiger charge is -2.56. The van der Waals surface area contributed by atoms with Crippen LogP contribution in [0.5, 0.6) is 0 Å². The van der Waals surface area contributed by atoms with Crippen LogP contribution in [-0.2, 0) is 27.1 Å². The Morgan fingerprint density at radius 2 is 1.78 bits per heavy atom. The first kappa shape index (κ1) is 25.2. The maximum atomic E-state index is 14.8. The highest BCUT2D eigenvalue weighted by Crippen LogP contribution is 2.48. The molecule has 3 amide bonds. The molecule has 2 aromatic carbocycles. The van der Waals surface area contributed by atoms with E-state index in [0.717, 1.165) is 23.1 Å².